The van der Waals surface area contributed by atoms with Gasteiger partial charge in [0.1, 0.15) is 4.83 Å². The van der Waals surface area contributed by atoms with E-state index in [2.05, 4.69) is 46.3 Å². The molecular weight excluding hydrogens is 382 g/mol. The number of hydrogen-bond donors (Lipinski definition) is 1. The van der Waals surface area contributed by atoms with Crippen molar-refractivity contribution in [1.82, 2.24) is 14.8 Å². The van der Waals surface area contributed by atoms with Crippen LogP contribution in [0.15, 0.2) is 48.7 Å². The van der Waals surface area contributed by atoms with Crippen molar-refractivity contribution in [3.05, 3.63) is 64.7 Å². The quantitative estimate of drug-likeness (QED) is 0.650. The summed E-state index contributed by atoms with van der Waals surface area (Å²) in [6.45, 7) is 3.37. The summed E-state index contributed by atoms with van der Waals surface area (Å²) < 4.78 is 0. The Balaban J connectivity index is 1.55. The van der Waals surface area contributed by atoms with E-state index in [4.69, 9.17) is 0 Å². The second-order valence-electron chi connectivity index (χ2n) is 7.67. The van der Waals surface area contributed by atoms with E-state index in [0.717, 1.165) is 53.1 Å². The lowest BCUT2D eigenvalue weighted by Crippen LogP contribution is -2.30. The molecule has 0 unspecified atom stereocenters. The number of carbonyl (C=O) groups excluding carboxylic acids is 1. The molecule has 2 aromatic heterocycles. The molecule has 1 aromatic carbocycles. The highest BCUT2D eigenvalue weighted by molar-refractivity contribution is 7.20. The van der Waals surface area contributed by atoms with Crippen LogP contribution in [0.3, 0.4) is 0 Å². The van der Waals surface area contributed by atoms with Crippen LogP contribution in [0.2, 0.25) is 0 Å². The first kappa shape index (κ1) is 20.0. The van der Waals surface area contributed by atoms with E-state index in [0.29, 0.717) is 12.5 Å². The van der Waals surface area contributed by atoms with Crippen molar-refractivity contribution in [3.8, 4) is 0 Å². The molecule has 1 saturated heterocycles. The summed E-state index contributed by atoms with van der Waals surface area (Å²) in [6, 6.07) is 14.6. The highest BCUT2D eigenvalue weighted by Gasteiger charge is 2.31. The third kappa shape index (κ3) is 4.34. The number of benzene rings is 1. The Kier molecular flexibility index (Phi) is 6.23. The van der Waals surface area contributed by atoms with Crippen molar-refractivity contribution in [2.24, 2.45) is 0 Å². The van der Waals surface area contributed by atoms with Gasteiger partial charge in [-0.2, -0.15) is 0 Å². The molecule has 1 aliphatic heterocycles. The van der Waals surface area contributed by atoms with Gasteiger partial charge in [0.05, 0.1) is 11.5 Å². The van der Waals surface area contributed by atoms with E-state index in [1.165, 1.54) is 16.9 Å². The number of likely N-dealkylation sites (N-methyl/N-ethyl adjacent to an activating group) is 1. The smallest absolute Gasteiger partial charge is 0.264 e. The Morgan fingerprint density at radius 1 is 1.28 bits per heavy atom. The first-order valence-electron chi connectivity index (χ1n) is 10.2. The number of likely N-dealkylation sites (tertiary alicyclic amines) is 1. The fourth-order valence-corrected chi connectivity index (χ4v) is 5.37. The monoisotopic (exact) mass is 409 g/mol. The number of amides is 1. The molecule has 152 valence electrons. The summed E-state index contributed by atoms with van der Waals surface area (Å²) in [7, 11) is 1.75. The maximum Gasteiger partial charge on any atom is 0.264 e. The highest BCUT2D eigenvalue weighted by Crippen LogP contribution is 2.39. The molecular formula is C23H27N3O2S. The molecule has 1 fully saturated rings. The van der Waals surface area contributed by atoms with E-state index in [1.807, 2.05) is 6.07 Å². The predicted octanol–water partition coefficient (Wildman–Crippen LogP) is 3.39. The van der Waals surface area contributed by atoms with Crippen molar-refractivity contribution < 1.29 is 9.90 Å². The zero-order valence-corrected chi connectivity index (χ0v) is 17.6. The van der Waals surface area contributed by atoms with Crippen molar-refractivity contribution in [2.45, 2.75) is 18.8 Å². The second kappa shape index (κ2) is 9.03. The second-order valence-corrected chi connectivity index (χ2v) is 8.67. The van der Waals surface area contributed by atoms with Gasteiger partial charge in [0.2, 0.25) is 0 Å². The number of rotatable bonds is 7. The minimum absolute atomic E-state index is 0.0141. The van der Waals surface area contributed by atoms with Crippen molar-refractivity contribution in [2.75, 3.05) is 39.8 Å². The lowest BCUT2D eigenvalue weighted by Gasteiger charge is -2.19. The largest absolute Gasteiger partial charge is 0.395 e. The first-order chi connectivity index (χ1) is 14.2. The van der Waals surface area contributed by atoms with Gasteiger partial charge in [-0.25, -0.2) is 4.98 Å². The number of pyridine rings is 1. The van der Waals surface area contributed by atoms with Gasteiger partial charge in [0.25, 0.3) is 5.91 Å². The van der Waals surface area contributed by atoms with E-state index in [1.54, 1.807) is 18.1 Å². The van der Waals surface area contributed by atoms with Gasteiger partial charge in [-0.1, -0.05) is 36.4 Å². The molecule has 0 spiro atoms. The van der Waals surface area contributed by atoms with Gasteiger partial charge >= 0.3 is 0 Å². The highest BCUT2D eigenvalue weighted by atomic mass is 32.1. The molecule has 4 rings (SSSR count). The molecule has 0 radical (unpaired) electrons. The van der Waals surface area contributed by atoms with Crippen molar-refractivity contribution in [3.63, 3.8) is 0 Å². The molecule has 0 aliphatic carbocycles. The number of aliphatic hydroxyl groups is 1. The van der Waals surface area contributed by atoms with Crippen LogP contribution in [0.1, 0.15) is 33.1 Å². The molecule has 1 aliphatic rings. The third-order valence-electron chi connectivity index (χ3n) is 5.72. The number of thiophene rings is 1. The molecule has 5 nitrogen and oxygen atoms in total. The van der Waals surface area contributed by atoms with Crippen LogP contribution in [0.25, 0.3) is 10.2 Å². The SMILES string of the molecule is CN(CCO)C(=O)c1sc2ncccc2c1[C@@H]1CCN(CCc2ccccc2)C1. The van der Waals surface area contributed by atoms with Crippen molar-refractivity contribution in [1.29, 1.82) is 0 Å². The average Bonchev–Trinajstić information content (AvgIpc) is 3.36. The Morgan fingerprint density at radius 3 is 2.90 bits per heavy atom. The fourth-order valence-electron chi connectivity index (χ4n) is 4.14. The van der Waals surface area contributed by atoms with E-state index >= 15 is 0 Å². The summed E-state index contributed by atoms with van der Waals surface area (Å²) in [6.07, 6.45) is 3.89. The molecule has 0 bridgehead atoms. The van der Waals surface area contributed by atoms with Gasteiger partial charge < -0.3 is 14.9 Å². The number of fused-ring (bicyclic) bond motifs is 1. The van der Waals surface area contributed by atoms with Gasteiger partial charge in [-0.05, 0) is 36.6 Å². The van der Waals surface area contributed by atoms with Crippen LogP contribution < -0.4 is 0 Å². The molecule has 6 heteroatoms. The van der Waals surface area contributed by atoms with E-state index in [-0.39, 0.29) is 12.5 Å². The number of hydrogen-bond acceptors (Lipinski definition) is 5. The van der Waals surface area contributed by atoms with Crippen LogP contribution in [-0.4, -0.2) is 65.6 Å². The van der Waals surface area contributed by atoms with Crippen molar-refractivity contribution >= 4 is 27.5 Å². The maximum absolute atomic E-state index is 13.1. The summed E-state index contributed by atoms with van der Waals surface area (Å²) in [5.74, 6) is 0.324. The molecule has 1 N–H and O–H groups in total. The number of carbonyl (C=O) groups is 1. The number of aromatic nitrogens is 1. The molecule has 29 heavy (non-hydrogen) atoms. The molecule has 1 amide bonds. The maximum atomic E-state index is 13.1. The topological polar surface area (TPSA) is 56.7 Å². The number of nitrogens with zero attached hydrogens (tertiary/aromatic N) is 3. The third-order valence-corrected chi connectivity index (χ3v) is 6.84. The Bertz CT molecular complexity index is 973. The minimum Gasteiger partial charge on any atom is -0.395 e. The van der Waals surface area contributed by atoms with Crippen LogP contribution in [0, 0.1) is 0 Å². The first-order valence-corrected chi connectivity index (χ1v) is 11.0. The zero-order chi connectivity index (χ0) is 20.2. The standard InChI is InChI=1S/C23H27N3O2S/c1-25(14-15-27)23(28)21-20(19-8-5-11-24-22(19)29-21)18-10-13-26(16-18)12-9-17-6-3-2-4-7-17/h2-8,11,18,27H,9-10,12-16H2,1H3/t18-/m1/s1. The Labute approximate surface area is 175 Å². The van der Waals surface area contributed by atoms with Crippen LogP contribution in [0.4, 0.5) is 0 Å². The summed E-state index contributed by atoms with van der Waals surface area (Å²) in [5.41, 5.74) is 2.51. The fraction of sp³-hybridized carbons (Fsp3) is 0.391. The minimum atomic E-state index is -0.0303. The van der Waals surface area contributed by atoms with Crippen LogP contribution in [0.5, 0.6) is 0 Å². The number of aliphatic hydroxyl groups excluding tert-OH is 1. The molecule has 3 aromatic rings. The van der Waals surface area contributed by atoms with Gasteiger partial charge in [-0.3, -0.25) is 4.79 Å². The normalized spacial score (nSPS) is 17.1. The Morgan fingerprint density at radius 2 is 2.10 bits per heavy atom. The summed E-state index contributed by atoms with van der Waals surface area (Å²) in [5, 5.41) is 10.3. The lowest BCUT2D eigenvalue weighted by atomic mass is 9.95. The zero-order valence-electron chi connectivity index (χ0n) is 16.8. The summed E-state index contributed by atoms with van der Waals surface area (Å²) >= 11 is 1.48. The molecule has 0 saturated carbocycles. The molecule has 1 atom stereocenters. The summed E-state index contributed by atoms with van der Waals surface area (Å²) in [4.78, 5) is 23.4. The van der Waals surface area contributed by atoms with Gasteiger partial charge in [0, 0.05) is 44.2 Å². The van der Waals surface area contributed by atoms with E-state index in [9.17, 15) is 9.90 Å². The van der Waals surface area contributed by atoms with Gasteiger partial charge in [0.15, 0.2) is 0 Å². The molecule has 3 heterocycles. The lowest BCUT2D eigenvalue weighted by molar-refractivity contribution is 0.0770. The Hall–Kier alpha value is -2.28. The van der Waals surface area contributed by atoms with Crippen LogP contribution in [-0.2, 0) is 6.42 Å². The van der Waals surface area contributed by atoms with Gasteiger partial charge in [-0.15, -0.1) is 11.3 Å². The average molecular weight is 410 g/mol. The predicted molar refractivity (Wildman–Crippen MR) is 118 cm³/mol. The van der Waals surface area contributed by atoms with E-state index < -0.39 is 0 Å². The van der Waals surface area contributed by atoms with Crippen LogP contribution >= 0.6 is 11.3 Å².